The number of aromatic nitrogens is 1. The fourth-order valence-corrected chi connectivity index (χ4v) is 2.61. The second-order valence-corrected chi connectivity index (χ2v) is 5.98. The second kappa shape index (κ2) is 7.83. The predicted molar refractivity (Wildman–Crippen MR) is 99.7 cm³/mol. The van der Waals surface area contributed by atoms with Crippen molar-refractivity contribution in [2.45, 2.75) is 13.0 Å². The third kappa shape index (κ3) is 4.12. The number of hydrogen-bond donors (Lipinski definition) is 2. The van der Waals surface area contributed by atoms with Crippen molar-refractivity contribution in [1.82, 2.24) is 10.3 Å². The molecule has 7 nitrogen and oxygen atoms in total. The first-order valence-electron chi connectivity index (χ1n) is 8.32. The number of amides is 3. The van der Waals surface area contributed by atoms with Gasteiger partial charge in [0.2, 0.25) is 0 Å². The molecular formula is C20H16FN3O4. The number of nitrogens with zero attached hydrogens (tertiary/aromatic N) is 1. The average molecular weight is 381 g/mol. The summed E-state index contributed by atoms with van der Waals surface area (Å²) in [4.78, 5) is 39.7. The Morgan fingerprint density at radius 2 is 1.79 bits per heavy atom. The summed E-state index contributed by atoms with van der Waals surface area (Å²) in [7, 11) is 0. The van der Waals surface area contributed by atoms with E-state index in [1.54, 1.807) is 36.4 Å². The number of ether oxygens (including phenoxy) is 1. The van der Waals surface area contributed by atoms with Gasteiger partial charge in [-0.05, 0) is 43.3 Å². The molecule has 142 valence electrons. The predicted octanol–water partition coefficient (Wildman–Crippen LogP) is 2.78. The fourth-order valence-electron chi connectivity index (χ4n) is 2.61. The third-order valence-corrected chi connectivity index (χ3v) is 3.98. The van der Waals surface area contributed by atoms with Gasteiger partial charge in [0.05, 0.1) is 16.8 Å². The van der Waals surface area contributed by atoms with E-state index in [2.05, 4.69) is 4.98 Å². The normalized spacial score (nSPS) is 11.6. The number of nitrogens with two attached hydrogens (primary N) is 1. The Balaban J connectivity index is 1.99. The van der Waals surface area contributed by atoms with Crippen LogP contribution in [0, 0.1) is 5.82 Å². The fraction of sp³-hybridized carbons (Fsp3) is 0.100. The van der Waals surface area contributed by atoms with Crippen LogP contribution >= 0.6 is 0 Å². The van der Waals surface area contributed by atoms with Crippen molar-refractivity contribution >= 4 is 28.8 Å². The van der Waals surface area contributed by atoms with Crippen LogP contribution in [-0.2, 0) is 9.53 Å². The van der Waals surface area contributed by atoms with Crippen LogP contribution in [-0.4, -0.2) is 29.0 Å². The minimum absolute atomic E-state index is 0.184. The minimum Gasteiger partial charge on any atom is -0.449 e. The summed E-state index contributed by atoms with van der Waals surface area (Å²) < 4.78 is 18.4. The van der Waals surface area contributed by atoms with E-state index in [1.165, 1.54) is 25.1 Å². The summed E-state index contributed by atoms with van der Waals surface area (Å²) in [5.41, 5.74) is 6.67. The van der Waals surface area contributed by atoms with E-state index < -0.39 is 29.8 Å². The second-order valence-electron chi connectivity index (χ2n) is 5.98. The van der Waals surface area contributed by atoms with Gasteiger partial charge in [-0.15, -0.1) is 0 Å². The highest BCUT2D eigenvalue weighted by atomic mass is 19.1. The zero-order chi connectivity index (χ0) is 20.3. The molecule has 1 heterocycles. The molecule has 0 saturated carbocycles. The van der Waals surface area contributed by atoms with Crippen molar-refractivity contribution in [2.75, 3.05) is 0 Å². The maximum absolute atomic E-state index is 13.2. The van der Waals surface area contributed by atoms with E-state index in [9.17, 15) is 18.8 Å². The highest BCUT2D eigenvalue weighted by molar-refractivity contribution is 6.05. The van der Waals surface area contributed by atoms with Gasteiger partial charge in [0.1, 0.15) is 5.82 Å². The van der Waals surface area contributed by atoms with Crippen molar-refractivity contribution in [3.05, 3.63) is 66.0 Å². The molecule has 0 aliphatic rings. The lowest BCUT2D eigenvalue weighted by molar-refractivity contribution is -0.127. The molecule has 0 aliphatic heterocycles. The van der Waals surface area contributed by atoms with Crippen LogP contribution < -0.4 is 11.1 Å². The van der Waals surface area contributed by atoms with Crippen molar-refractivity contribution < 1.29 is 23.5 Å². The molecule has 3 N–H and O–H groups in total. The summed E-state index contributed by atoms with van der Waals surface area (Å²) in [6.45, 7) is 1.32. The number of hydrogen-bond acceptors (Lipinski definition) is 5. The van der Waals surface area contributed by atoms with Gasteiger partial charge in [-0.3, -0.25) is 10.1 Å². The Labute approximate surface area is 159 Å². The molecule has 0 spiro atoms. The Kier molecular flexibility index (Phi) is 5.30. The number of pyridine rings is 1. The number of rotatable bonds is 4. The Morgan fingerprint density at radius 3 is 2.46 bits per heavy atom. The highest BCUT2D eigenvalue weighted by Crippen LogP contribution is 2.26. The number of nitrogens with one attached hydrogen (secondary N) is 1. The number of fused-ring (bicyclic) bond motifs is 1. The number of benzene rings is 2. The monoisotopic (exact) mass is 381 g/mol. The lowest BCUT2D eigenvalue weighted by Crippen LogP contribution is -2.42. The first kappa shape index (κ1) is 19.0. The van der Waals surface area contributed by atoms with Gasteiger partial charge in [-0.1, -0.05) is 18.2 Å². The number of esters is 1. The number of halogens is 1. The Morgan fingerprint density at radius 1 is 1.11 bits per heavy atom. The van der Waals surface area contributed by atoms with Crippen LogP contribution in [0.25, 0.3) is 22.2 Å². The molecule has 1 atom stereocenters. The van der Waals surface area contributed by atoms with E-state index in [0.29, 0.717) is 22.2 Å². The van der Waals surface area contributed by atoms with Crippen molar-refractivity contribution in [1.29, 1.82) is 0 Å². The van der Waals surface area contributed by atoms with Crippen LogP contribution in [0.4, 0.5) is 9.18 Å². The molecule has 3 rings (SSSR count). The van der Waals surface area contributed by atoms with Crippen LogP contribution in [0.3, 0.4) is 0 Å². The molecule has 2 aromatic carbocycles. The standard InChI is InChI=1S/C20H16FN3O4/c1-11(18(25)24-20(22)27)28-19(26)15-10-17(12-6-8-13(21)9-7-12)23-16-5-3-2-4-14(15)16/h2-11H,1H3,(H3,22,24,25,27). The van der Waals surface area contributed by atoms with E-state index in [0.717, 1.165) is 0 Å². The van der Waals surface area contributed by atoms with Crippen LogP contribution in [0.5, 0.6) is 0 Å². The molecule has 3 amide bonds. The quantitative estimate of drug-likeness (QED) is 0.675. The van der Waals surface area contributed by atoms with Crippen LogP contribution in [0.2, 0.25) is 0 Å². The molecule has 8 heteroatoms. The van der Waals surface area contributed by atoms with Gasteiger partial charge in [-0.25, -0.2) is 19.0 Å². The Bertz CT molecular complexity index is 1070. The van der Waals surface area contributed by atoms with Gasteiger partial charge in [0, 0.05) is 10.9 Å². The summed E-state index contributed by atoms with van der Waals surface area (Å²) >= 11 is 0. The maximum Gasteiger partial charge on any atom is 0.339 e. The zero-order valence-corrected chi connectivity index (χ0v) is 14.8. The van der Waals surface area contributed by atoms with E-state index >= 15 is 0 Å². The van der Waals surface area contributed by atoms with Gasteiger partial charge in [0.15, 0.2) is 6.10 Å². The zero-order valence-electron chi connectivity index (χ0n) is 14.8. The molecule has 1 unspecified atom stereocenters. The number of primary amides is 1. The number of imide groups is 1. The highest BCUT2D eigenvalue weighted by Gasteiger charge is 2.22. The summed E-state index contributed by atoms with van der Waals surface area (Å²) in [6, 6.07) is 13.1. The van der Waals surface area contributed by atoms with Gasteiger partial charge in [-0.2, -0.15) is 0 Å². The molecule has 0 fully saturated rings. The van der Waals surface area contributed by atoms with Crippen molar-refractivity contribution in [2.24, 2.45) is 5.73 Å². The first-order valence-corrected chi connectivity index (χ1v) is 8.32. The third-order valence-electron chi connectivity index (χ3n) is 3.98. The SMILES string of the molecule is CC(OC(=O)c1cc(-c2ccc(F)cc2)nc2ccccc12)C(=O)NC(N)=O. The molecule has 0 radical (unpaired) electrons. The molecular weight excluding hydrogens is 365 g/mol. The lowest BCUT2D eigenvalue weighted by atomic mass is 10.0. The maximum atomic E-state index is 13.2. The van der Waals surface area contributed by atoms with Crippen LogP contribution in [0.1, 0.15) is 17.3 Å². The smallest absolute Gasteiger partial charge is 0.339 e. The number of urea groups is 1. The van der Waals surface area contributed by atoms with Crippen molar-refractivity contribution in [3.8, 4) is 11.3 Å². The van der Waals surface area contributed by atoms with Crippen molar-refractivity contribution in [3.63, 3.8) is 0 Å². The topological polar surface area (TPSA) is 111 Å². The lowest BCUT2D eigenvalue weighted by Gasteiger charge is -2.14. The summed E-state index contributed by atoms with van der Waals surface area (Å²) in [6.07, 6.45) is -1.24. The summed E-state index contributed by atoms with van der Waals surface area (Å²) in [5.74, 6) is -1.99. The van der Waals surface area contributed by atoms with Crippen LogP contribution in [0.15, 0.2) is 54.6 Å². The Hall–Kier alpha value is -3.81. The summed E-state index contributed by atoms with van der Waals surface area (Å²) in [5, 5.41) is 2.38. The van der Waals surface area contributed by atoms with Gasteiger partial charge >= 0.3 is 12.0 Å². The van der Waals surface area contributed by atoms with E-state index in [-0.39, 0.29) is 5.56 Å². The molecule has 3 aromatic rings. The minimum atomic E-state index is -1.24. The largest absolute Gasteiger partial charge is 0.449 e. The molecule has 28 heavy (non-hydrogen) atoms. The average Bonchev–Trinajstić information content (AvgIpc) is 2.67. The van der Waals surface area contributed by atoms with Gasteiger partial charge in [0.25, 0.3) is 5.91 Å². The number of para-hydroxylation sites is 1. The molecule has 0 bridgehead atoms. The number of carbonyl (C=O) groups is 3. The van der Waals surface area contributed by atoms with Gasteiger partial charge < -0.3 is 10.5 Å². The molecule has 1 aromatic heterocycles. The van der Waals surface area contributed by atoms with E-state index in [1.807, 2.05) is 5.32 Å². The molecule has 0 aliphatic carbocycles. The first-order chi connectivity index (χ1) is 13.3. The van der Waals surface area contributed by atoms with E-state index in [4.69, 9.17) is 10.5 Å². The number of carbonyl (C=O) groups excluding carboxylic acids is 3. The molecule has 0 saturated heterocycles.